The van der Waals surface area contributed by atoms with E-state index in [1.807, 2.05) is 11.8 Å². The lowest BCUT2D eigenvalue weighted by Crippen LogP contribution is -2.45. The van der Waals surface area contributed by atoms with Crippen LogP contribution < -0.4 is 4.74 Å². The fourth-order valence-electron chi connectivity index (χ4n) is 6.30. The van der Waals surface area contributed by atoms with E-state index < -0.39 is 23.6 Å². The van der Waals surface area contributed by atoms with Crippen molar-refractivity contribution in [1.82, 2.24) is 24.7 Å². The number of hydrogen-bond donors (Lipinski definition) is 1. The summed E-state index contributed by atoms with van der Waals surface area (Å²) in [6.45, 7) is 8.52. The van der Waals surface area contributed by atoms with Gasteiger partial charge in [-0.25, -0.2) is 9.37 Å². The number of alkyl halides is 3. The molecule has 0 saturated carbocycles. The van der Waals surface area contributed by atoms with Gasteiger partial charge >= 0.3 is 6.18 Å². The summed E-state index contributed by atoms with van der Waals surface area (Å²) < 4.78 is 63.5. The maximum absolute atomic E-state index is 15.1. The summed E-state index contributed by atoms with van der Waals surface area (Å²) in [5, 5.41) is 0.706. The van der Waals surface area contributed by atoms with Crippen LogP contribution in [0, 0.1) is 5.82 Å². The number of carbonyl (C=O) groups excluding carboxylic acids is 1. The second kappa shape index (κ2) is 12.2. The Hall–Kier alpha value is -3.96. The maximum Gasteiger partial charge on any atom is 0.416 e. The Morgan fingerprint density at radius 1 is 1.02 bits per heavy atom. The number of nitrogens with one attached hydrogen (secondary N) is 1. The van der Waals surface area contributed by atoms with Gasteiger partial charge in [0.25, 0.3) is 0 Å². The highest BCUT2D eigenvalue weighted by molar-refractivity contribution is 5.82. The standard InChI is InChI=1S/C33H35F4N5O2/c1-3-40-12-14-41(15-13-40)20-24-5-4-22(16-27(24)33(35,36)37)17-31(43)42-11-8-23-18-28(34)30(19-26(23)21(42)2)44-29-7-10-39-32-25(29)6-9-38-32/h4-7,9-10,16,18-19,21H,3,8,11-15,17,20H2,1-2H3,(H,38,39). The number of aromatic nitrogens is 2. The van der Waals surface area contributed by atoms with Gasteiger partial charge in [-0.3, -0.25) is 9.69 Å². The second-order valence-electron chi connectivity index (χ2n) is 11.5. The molecule has 7 nitrogen and oxygen atoms in total. The van der Waals surface area contributed by atoms with Gasteiger partial charge < -0.3 is 19.5 Å². The maximum atomic E-state index is 15.1. The lowest BCUT2D eigenvalue weighted by molar-refractivity contribution is -0.139. The van der Waals surface area contributed by atoms with Crippen molar-refractivity contribution in [3.05, 3.63) is 88.5 Å². The Morgan fingerprint density at radius 2 is 1.80 bits per heavy atom. The number of halogens is 4. The molecule has 0 aliphatic carbocycles. The zero-order chi connectivity index (χ0) is 31.0. The Labute approximate surface area is 253 Å². The minimum atomic E-state index is -4.53. The molecule has 1 atom stereocenters. The van der Waals surface area contributed by atoms with Gasteiger partial charge in [0.05, 0.1) is 23.4 Å². The van der Waals surface area contributed by atoms with Crippen LogP contribution >= 0.6 is 0 Å². The van der Waals surface area contributed by atoms with Gasteiger partial charge in [-0.05, 0) is 72.5 Å². The van der Waals surface area contributed by atoms with Crippen molar-refractivity contribution in [2.75, 3.05) is 39.3 Å². The Kier molecular flexibility index (Phi) is 8.34. The van der Waals surface area contributed by atoms with Crippen molar-refractivity contribution < 1.29 is 27.1 Å². The largest absolute Gasteiger partial charge is 0.453 e. The topological polar surface area (TPSA) is 64.7 Å². The molecule has 2 aliphatic heterocycles. The number of piperazine rings is 1. The monoisotopic (exact) mass is 609 g/mol. The summed E-state index contributed by atoms with van der Waals surface area (Å²) in [4.78, 5) is 26.7. The predicted molar refractivity (Wildman–Crippen MR) is 159 cm³/mol. The van der Waals surface area contributed by atoms with Crippen LogP contribution in [0.25, 0.3) is 11.0 Å². The second-order valence-corrected chi connectivity index (χ2v) is 11.5. The van der Waals surface area contributed by atoms with Crippen molar-refractivity contribution >= 4 is 16.9 Å². The van der Waals surface area contributed by atoms with E-state index in [4.69, 9.17) is 4.74 Å². The molecule has 1 N–H and O–H groups in total. The van der Waals surface area contributed by atoms with Gasteiger partial charge in [0.2, 0.25) is 5.91 Å². The smallest absolute Gasteiger partial charge is 0.416 e. The number of aromatic amines is 1. The van der Waals surface area contributed by atoms with E-state index in [0.29, 0.717) is 35.3 Å². The number of likely N-dealkylation sites (N-methyl/N-ethyl adjacent to an activating group) is 1. The number of fused-ring (bicyclic) bond motifs is 2. The summed E-state index contributed by atoms with van der Waals surface area (Å²) in [5.74, 6) is -0.323. The number of rotatable bonds is 7. The van der Waals surface area contributed by atoms with Gasteiger partial charge in [-0.2, -0.15) is 13.2 Å². The minimum absolute atomic E-state index is 0.0279. The van der Waals surface area contributed by atoms with Crippen LogP contribution in [-0.4, -0.2) is 69.8 Å². The van der Waals surface area contributed by atoms with Crippen LogP contribution in [0.5, 0.6) is 11.5 Å². The van der Waals surface area contributed by atoms with E-state index >= 15 is 4.39 Å². The fraction of sp³-hybridized carbons (Fsp3) is 0.394. The molecule has 4 heterocycles. The molecule has 44 heavy (non-hydrogen) atoms. The predicted octanol–water partition coefficient (Wildman–Crippen LogP) is 6.34. The zero-order valence-corrected chi connectivity index (χ0v) is 24.8. The van der Waals surface area contributed by atoms with E-state index in [0.717, 1.165) is 49.9 Å². The van der Waals surface area contributed by atoms with Gasteiger partial charge in [0.15, 0.2) is 11.6 Å². The lowest BCUT2D eigenvalue weighted by Gasteiger charge is -2.36. The van der Waals surface area contributed by atoms with Crippen molar-refractivity contribution in [3.8, 4) is 11.5 Å². The first kappa shape index (κ1) is 30.1. The average Bonchev–Trinajstić information content (AvgIpc) is 3.49. The summed E-state index contributed by atoms with van der Waals surface area (Å²) >= 11 is 0. The third-order valence-corrected chi connectivity index (χ3v) is 8.83. The number of H-pyrrole nitrogens is 1. The average molecular weight is 610 g/mol. The summed E-state index contributed by atoms with van der Waals surface area (Å²) in [6, 6.07) is 10.4. The molecule has 11 heteroatoms. The van der Waals surface area contributed by atoms with Gasteiger partial charge in [0.1, 0.15) is 11.4 Å². The molecule has 1 fully saturated rings. The van der Waals surface area contributed by atoms with Gasteiger partial charge in [-0.15, -0.1) is 0 Å². The number of nitrogens with zero attached hydrogens (tertiary/aromatic N) is 4. The Morgan fingerprint density at radius 3 is 2.55 bits per heavy atom. The van der Waals surface area contributed by atoms with E-state index in [1.165, 1.54) is 12.1 Å². The fourth-order valence-corrected chi connectivity index (χ4v) is 6.30. The van der Waals surface area contributed by atoms with Crippen LogP contribution in [0.4, 0.5) is 17.6 Å². The molecule has 0 bridgehead atoms. The van der Waals surface area contributed by atoms with Crippen LogP contribution in [-0.2, 0) is 30.4 Å². The first-order valence-corrected chi connectivity index (χ1v) is 15.0. The van der Waals surface area contributed by atoms with Crippen molar-refractivity contribution in [1.29, 1.82) is 0 Å². The molecule has 1 amide bonds. The molecular weight excluding hydrogens is 574 g/mol. The molecule has 232 valence electrons. The quantitative estimate of drug-likeness (QED) is 0.248. The highest BCUT2D eigenvalue weighted by atomic mass is 19.4. The van der Waals surface area contributed by atoms with E-state index in [1.54, 1.807) is 41.6 Å². The highest BCUT2D eigenvalue weighted by Gasteiger charge is 2.35. The number of amides is 1. The third-order valence-electron chi connectivity index (χ3n) is 8.83. The first-order chi connectivity index (χ1) is 21.1. The zero-order valence-electron chi connectivity index (χ0n) is 24.8. The SMILES string of the molecule is CCN1CCN(Cc2ccc(CC(=O)N3CCc4cc(F)c(Oc5ccnc6[nH]ccc56)cc4C3C)cc2C(F)(F)F)CC1. The number of ether oxygens (including phenoxy) is 1. The molecule has 1 saturated heterocycles. The Bertz CT molecular complexity index is 1660. The summed E-state index contributed by atoms with van der Waals surface area (Å²) in [5.41, 5.74) is 1.98. The first-order valence-electron chi connectivity index (χ1n) is 15.0. The van der Waals surface area contributed by atoms with Crippen LogP contribution in [0.2, 0.25) is 0 Å². The van der Waals surface area contributed by atoms with Crippen molar-refractivity contribution in [3.63, 3.8) is 0 Å². The normalized spacial score (nSPS) is 18.0. The molecule has 6 rings (SSSR count). The van der Waals surface area contributed by atoms with Gasteiger partial charge in [0, 0.05) is 51.7 Å². The molecule has 2 aromatic heterocycles. The molecule has 4 aromatic rings. The highest BCUT2D eigenvalue weighted by Crippen LogP contribution is 2.38. The molecule has 0 radical (unpaired) electrons. The molecule has 2 aliphatic rings. The molecule has 0 spiro atoms. The van der Waals surface area contributed by atoms with Gasteiger partial charge in [-0.1, -0.05) is 19.1 Å². The number of carbonyl (C=O) groups is 1. The summed E-state index contributed by atoms with van der Waals surface area (Å²) in [6.07, 6.45) is -0.974. The van der Waals surface area contributed by atoms with Crippen LogP contribution in [0.1, 0.15) is 47.7 Å². The molecular formula is C33H35F4N5O2. The number of pyridine rings is 1. The van der Waals surface area contributed by atoms with E-state index in [9.17, 15) is 18.0 Å². The Balaban J connectivity index is 1.18. The summed E-state index contributed by atoms with van der Waals surface area (Å²) in [7, 11) is 0. The molecule has 1 unspecified atom stereocenters. The van der Waals surface area contributed by atoms with Crippen molar-refractivity contribution in [2.24, 2.45) is 0 Å². The molecule has 2 aromatic carbocycles. The van der Waals surface area contributed by atoms with Crippen LogP contribution in [0.15, 0.2) is 54.9 Å². The van der Waals surface area contributed by atoms with E-state index in [2.05, 4.69) is 21.8 Å². The van der Waals surface area contributed by atoms with E-state index in [-0.39, 0.29) is 30.2 Å². The third kappa shape index (κ3) is 6.16. The lowest BCUT2D eigenvalue weighted by atomic mass is 9.92. The minimum Gasteiger partial charge on any atom is -0.453 e. The van der Waals surface area contributed by atoms with Crippen molar-refractivity contribution in [2.45, 2.75) is 45.5 Å². The number of benzene rings is 2. The number of hydrogen-bond acceptors (Lipinski definition) is 5. The van der Waals surface area contributed by atoms with Crippen LogP contribution in [0.3, 0.4) is 0 Å².